The molecule has 0 aliphatic heterocycles. The highest BCUT2D eigenvalue weighted by Crippen LogP contribution is 2.37. The average molecular weight is 216 g/mol. The first-order chi connectivity index (χ1) is 7.77. The van der Waals surface area contributed by atoms with Crippen molar-refractivity contribution >= 4 is 5.78 Å². The highest BCUT2D eigenvalue weighted by atomic mass is 16.1. The lowest BCUT2D eigenvalue weighted by Crippen LogP contribution is -2.12. The zero-order valence-corrected chi connectivity index (χ0v) is 9.99. The van der Waals surface area contributed by atoms with Crippen molar-refractivity contribution in [2.45, 2.75) is 39.0 Å². The molecule has 1 saturated carbocycles. The molecule has 1 aliphatic carbocycles. The van der Waals surface area contributed by atoms with Gasteiger partial charge in [0, 0.05) is 12.3 Å². The van der Waals surface area contributed by atoms with E-state index in [2.05, 4.69) is 31.2 Å². The van der Waals surface area contributed by atoms with Crippen LogP contribution in [0.15, 0.2) is 30.3 Å². The van der Waals surface area contributed by atoms with Gasteiger partial charge in [0.15, 0.2) is 0 Å². The van der Waals surface area contributed by atoms with E-state index in [1.807, 2.05) is 6.07 Å². The molecule has 1 aromatic rings. The molecule has 2 rings (SSSR count). The summed E-state index contributed by atoms with van der Waals surface area (Å²) in [6.07, 6.45) is 5.33. The largest absolute Gasteiger partial charge is 0.299 e. The van der Waals surface area contributed by atoms with Crippen LogP contribution in [0, 0.1) is 11.8 Å². The maximum Gasteiger partial charge on any atom is 0.135 e. The Morgan fingerprint density at radius 2 is 2.00 bits per heavy atom. The third-order valence-electron chi connectivity index (χ3n) is 3.57. The third-order valence-corrected chi connectivity index (χ3v) is 3.57. The lowest BCUT2D eigenvalue weighted by Gasteiger charge is -2.08. The van der Waals surface area contributed by atoms with Gasteiger partial charge in [0.05, 0.1) is 0 Å². The molecule has 1 atom stereocenters. The monoisotopic (exact) mass is 216 g/mol. The molecule has 0 spiro atoms. The van der Waals surface area contributed by atoms with Crippen LogP contribution in [0.2, 0.25) is 0 Å². The van der Waals surface area contributed by atoms with Crippen LogP contribution in [0.25, 0.3) is 0 Å². The normalized spacial score (nSPS) is 17.1. The molecular weight excluding hydrogens is 196 g/mol. The van der Waals surface area contributed by atoms with Gasteiger partial charge in [0.25, 0.3) is 0 Å². The van der Waals surface area contributed by atoms with E-state index >= 15 is 0 Å². The molecule has 1 aromatic carbocycles. The van der Waals surface area contributed by atoms with Gasteiger partial charge in [-0.05, 0) is 37.2 Å². The molecule has 16 heavy (non-hydrogen) atoms. The van der Waals surface area contributed by atoms with E-state index in [0.29, 0.717) is 17.6 Å². The Morgan fingerprint density at radius 1 is 1.31 bits per heavy atom. The maximum absolute atomic E-state index is 11.8. The van der Waals surface area contributed by atoms with E-state index in [4.69, 9.17) is 0 Å². The predicted molar refractivity (Wildman–Crippen MR) is 66.3 cm³/mol. The fourth-order valence-corrected chi connectivity index (χ4v) is 2.20. The minimum atomic E-state index is 0.316. The quantitative estimate of drug-likeness (QED) is 0.709. The molecule has 0 radical (unpaired) electrons. The summed E-state index contributed by atoms with van der Waals surface area (Å²) in [7, 11) is 0. The highest BCUT2D eigenvalue weighted by molar-refractivity contribution is 5.81. The van der Waals surface area contributed by atoms with Crippen LogP contribution >= 0.6 is 0 Å². The summed E-state index contributed by atoms with van der Waals surface area (Å²) >= 11 is 0. The van der Waals surface area contributed by atoms with E-state index in [9.17, 15) is 4.79 Å². The lowest BCUT2D eigenvalue weighted by atomic mass is 9.96. The lowest BCUT2D eigenvalue weighted by molar-refractivity contribution is -0.123. The Kier molecular flexibility index (Phi) is 3.76. The standard InChI is InChI=1S/C15H20O/c1-12(14-10-11-14)15(16)9-5-8-13-6-3-2-4-7-13/h2-4,6-7,12,14H,5,8-11H2,1H3. The van der Waals surface area contributed by atoms with E-state index < -0.39 is 0 Å². The van der Waals surface area contributed by atoms with E-state index in [0.717, 1.165) is 19.3 Å². The second kappa shape index (κ2) is 5.29. The van der Waals surface area contributed by atoms with Gasteiger partial charge in [-0.25, -0.2) is 0 Å². The molecule has 0 aromatic heterocycles. The van der Waals surface area contributed by atoms with Crippen molar-refractivity contribution in [3.05, 3.63) is 35.9 Å². The number of benzene rings is 1. The van der Waals surface area contributed by atoms with Gasteiger partial charge >= 0.3 is 0 Å². The Bertz CT molecular complexity index is 338. The van der Waals surface area contributed by atoms with Gasteiger partial charge in [-0.15, -0.1) is 0 Å². The van der Waals surface area contributed by atoms with Crippen LogP contribution in [0.4, 0.5) is 0 Å². The first kappa shape index (κ1) is 11.4. The second-order valence-electron chi connectivity index (χ2n) is 4.93. The zero-order valence-electron chi connectivity index (χ0n) is 9.99. The SMILES string of the molecule is CC(C(=O)CCCc1ccccc1)C1CC1. The number of carbonyl (C=O) groups is 1. The summed E-state index contributed by atoms with van der Waals surface area (Å²) in [5, 5.41) is 0. The second-order valence-corrected chi connectivity index (χ2v) is 4.93. The summed E-state index contributed by atoms with van der Waals surface area (Å²) in [6, 6.07) is 10.4. The predicted octanol–water partition coefficient (Wildman–Crippen LogP) is 3.62. The molecule has 1 unspecified atom stereocenters. The molecule has 86 valence electrons. The minimum absolute atomic E-state index is 0.316. The molecule has 0 bridgehead atoms. The summed E-state index contributed by atoms with van der Waals surface area (Å²) in [5.41, 5.74) is 1.34. The van der Waals surface area contributed by atoms with Crippen molar-refractivity contribution in [2.24, 2.45) is 11.8 Å². The fourth-order valence-electron chi connectivity index (χ4n) is 2.20. The number of Topliss-reactive ketones (excluding diaryl/α,β-unsaturated/α-hetero) is 1. The molecule has 1 aliphatic rings. The number of hydrogen-bond acceptors (Lipinski definition) is 1. The van der Waals surface area contributed by atoms with Gasteiger partial charge in [0.1, 0.15) is 5.78 Å². The van der Waals surface area contributed by atoms with Gasteiger partial charge < -0.3 is 0 Å². The molecule has 0 heterocycles. The average Bonchev–Trinajstić information content (AvgIpc) is 3.13. The molecule has 1 nitrogen and oxygen atoms in total. The number of rotatable bonds is 6. The minimum Gasteiger partial charge on any atom is -0.299 e. The van der Waals surface area contributed by atoms with Crippen molar-refractivity contribution in [2.75, 3.05) is 0 Å². The highest BCUT2D eigenvalue weighted by Gasteiger charge is 2.31. The Balaban J connectivity index is 1.69. The summed E-state index contributed by atoms with van der Waals surface area (Å²) in [6.45, 7) is 2.10. The van der Waals surface area contributed by atoms with Crippen molar-refractivity contribution in [1.29, 1.82) is 0 Å². The van der Waals surface area contributed by atoms with E-state index in [-0.39, 0.29) is 0 Å². The van der Waals surface area contributed by atoms with Crippen LogP contribution in [0.5, 0.6) is 0 Å². The third kappa shape index (κ3) is 3.19. The van der Waals surface area contributed by atoms with Crippen LogP contribution in [0.3, 0.4) is 0 Å². The first-order valence-corrected chi connectivity index (χ1v) is 6.34. The van der Waals surface area contributed by atoms with Crippen LogP contribution in [-0.4, -0.2) is 5.78 Å². The molecule has 0 amide bonds. The molecule has 0 saturated heterocycles. The van der Waals surface area contributed by atoms with Crippen molar-refractivity contribution in [3.8, 4) is 0 Å². The zero-order chi connectivity index (χ0) is 11.4. The van der Waals surface area contributed by atoms with E-state index in [1.54, 1.807) is 0 Å². The molecule has 1 fully saturated rings. The van der Waals surface area contributed by atoms with Crippen molar-refractivity contribution in [1.82, 2.24) is 0 Å². The number of aryl methyl sites for hydroxylation is 1. The molecule has 0 N–H and O–H groups in total. The van der Waals surface area contributed by atoms with Gasteiger partial charge in [-0.2, -0.15) is 0 Å². The molecular formula is C15H20O. The number of hydrogen-bond donors (Lipinski definition) is 0. The van der Waals surface area contributed by atoms with Crippen molar-refractivity contribution < 1.29 is 4.79 Å². The Hall–Kier alpha value is -1.11. The topological polar surface area (TPSA) is 17.1 Å². The summed E-state index contributed by atoms with van der Waals surface area (Å²) < 4.78 is 0. The molecule has 1 heteroatoms. The van der Waals surface area contributed by atoms with E-state index in [1.165, 1.54) is 18.4 Å². The fraction of sp³-hybridized carbons (Fsp3) is 0.533. The number of ketones is 1. The Morgan fingerprint density at radius 3 is 2.62 bits per heavy atom. The van der Waals surface area contributed by atoms with Gasteiger partial charge in [0.2, 0.25) is 0 Å². The van der Waals surface area contributed by atoms with Crippen LogP contribution in [-0.2, 0) is 11.2 Å². The summed E-state index contributed by atoms with van der Waals surface area (Å²) in [4.78, 5) is 11.8. The summed E-state index contributed by atoms with van der Waals surface area (Å²) in [5.74, 6) is 1.50. The van der Waals surface area contributed by atoms with Crippen molar-refractivity contribution in [3.63, 3.8) is 0 Å². The first-order valence-electron chi connectivity index (χ1n) is 6.34. The van der Waals surface area contributed by atoms with Gasteiger partial charge in [-0.3, -0.25) is 4.79 Å². The number of carbonyl (C=O) groups excluding carboxylic acids is 1. The van der Waals surface area contributed by atoms with Crippen LogP contribution < -0.4 is 0 Å². The Labute approximate surface area is 97.9 Å². The smallest absolute Gasteiger partial charge is 0.135 e. The maximum atomic E-state index is 11.8. The van der Waals surface area contributed by atoms with Gasteiger partial charge in [-0.1, -0.05) is 37.3 Å². The van der Waals surface area contributed by atoms with Crippen LogP contribution in [0.1, 0.15) is 38.2 Å².